The number of carbonyl (C=O) groups is 1. The molecule has 0 unspecified atom stereocenters. The number of hydrogen-bond acceptors (Lipinski definition) is 3. The summed E-state index contributed by atoms with van der Waals surface area (Å²) in [6.45, 7) is 1.97. The second-order valence-electron chi connectivity index (χ2n) is 6.27. The van der Waals surface area contributed by atoms with Crippen molar-refractivity contribution in [2.24, 2.45) is 17.8 Å². The average Bonchev–Trinajstić information content (AvgIpc) is 3.37. The first-order chi connectivity index (χ1) is 10.2. The molecule has 2 aliphatic carbocycles. The number of benzene rings is 1. The molecule has 4 heteroatoms. The molecule has 0 atom stereocenters. The van der Waals surface area contributed by atoms with Crippen molar-refractivity contribution < 1.29 is 9.53 Å². The van der Waals surface area contributed by atoms with E-state index in [4.69, 9.17) is 4.74 Å². The van der Waals surface area contributed by atoms with Crippen molar-refractivity contribution in [1.29, 1.82) is 0 Å². The van der Waals surface area contributed by atoms with Gasteiger partial charge in [-0.05, 0) is 67.7 Å². The Balaban J connectivity index is 1.53. The molecule has 0 radical (unpaired) electrons. The number of carbonyl (C=O) groups excluding carboxylic acids is 1. The molecule has 0 amide bonds. The van der Waals surface area contributed by atoms with Gasteiger partial charge in [0.2, 0.25) is 0 Å². The first kappa shape index (κ1) is 15.0. The predicted molar refractivity (Wildman–Crippen MR) is 86.1 cm³/mol. The smallest absolute Gasteiger partial charge is 0.337 e. The van der Waals surface area contributed by atoms with Crippen LogP contribution in [0.3, 0.4) is 0 Å². The monoisotopic (exact) mass is 351 g/mol. The van der Waals surface area contributed by atoms with E-state index in [-0.39, 0.29) is 5.97 Å². The molecule has 0 bridgehead atoms. The molecule has 1 aromatic carbocycles. The van der Waals surface area contributed by atoms with E-state index >= 15 is 0 Å². The van der Waals surface area contributed by atoms with Crippen molar-refractivity contribution in [3.05, 3.63) is 33.8 Å². The Labute approximate surface area is 134 Å². The quantitative estimate of drug-likeness (QED) is 0.760. The zero-order valence-corrected chi connectivity index (χ0v) is 14.0. The van der Waals surface area contributed by atoms with Gasteiger partial charge in [0.25, 0.3) is 0 Å². The number of ether oxygens (including phenoxy) is 1. The fraction of sp³-hybridized carbons (Fsp3) is 0.588. The lowest BCUT2D eigenvalue weighted by Gasteiger charge is -2.16. The van der Waals surface area contributed by atoms with Crippen LogP contribution in [0.2, 0.25) is 0 Å². The summed E-state index contributed by atoms with van der Waals surface area (Å²) in [7, 11) is 1.40. The summed E-state index contributed by atoms with van der Waals surface area (Å²) in [5, 5.41) is 3.60. The second kappa shape index (κ2) is 6.49. The minimum atomic E-state index is -0.294. The van der Waals surface area contributed by atoms with Crippen LogP contribution in [0, 0.1) is 17.8 Å². The molecule has 0 spiro atoms. The molecule has 21 heavy (non-hydrogen) atoms. The first-order valence-corrected chi connectivity index (χ1v) is 8.56. The molecular weight excluding hydrogens is 330 g/mol. The highest BCUT2D eigenvalue weighted by Crippen LogP contribution is 2.48. The van der Waals surface area contributed by atoms with E-state index < -0.39 is 0 Å². The van der Waals surface area contributed by atoms with Crippen LogP contribution in [0.25, 0.3) is 0 Å². The van der Waals surface area contributed by atoms with Gasteiger partial charge in [0.15, 0.2) is 0 Å². The van der Waals surface area contributed by atoms with Crippen LogP contribution in [0.1, 0.15) is 41.6 Å². The molecule has 1 N–H and O–H groups in total. The summed E-state index contributed by atoms with van der Waals surface area (Å²) >= 11 is 3.55. The van der Waals surface area contributed by atoms with Gasteiger partial charge in [-0.1, -0.05) is 22.0 Å². The number of esters is 1. The summed E-state index contributed by atoms with van der Waals surface area (Å²) < 4.78 is 5.70. The number of methoxy groups -OCH3 is 1. The summed E-state index contributed by atoms with van der Waals surface area (Å²) in [5.41, 5.74) is 1.77. The van der Waals surface area contributed by atoms with Crippen molar-refractivity contribution >= 4 is 21.9 Å². The fourth-order valence-corrected chi connectivity index (χ4v) is 3.59. The highest BCUT2D eigenvalue weighted by Gasteiger charge is 2.40. The summed E-state index contributed by atoms with van der Waals surface area (Å²) in [6, 6.07) is 5.65. The second-order valence-corrected chi connectivity index (χ2v) is 7.12. The SMILES string of the molecule is COC(=O)c1ccc(CNCC(C2CC2)C2CC2)c(Br)c1. The lowest BCUT2D eigenvalue weighted by atomic mass is 9.98. The minimum Gasteiger partial charge on any atom is -0.465 e. The number of rotatable bonds is 7. The molecule has 2 fully saturated rings. The number of hydrogen-bond donors (Lipinski definition) is 1. The van der Waals surface area contributed by atoms with Gasteiger partial charge in [-0.2, -0.15) is 0 Å². The van der Waals surface area contributed by atoms with Crippen molar-refractivity contribution in [1.82, 2.24) is 5.32 Å². The summed E-state index contributed by atoms with van der Waals surface area (Å²) in [6.07, 6.45) is 5.72. The minimum absolute atomic E-state index is 0.294. The Morgan fingerprint density at radius 1 is 1.33 bits per heavy atom. The topological polar surface area (TPSA) is 38.3 Å². The number of nitrogens with one attached hydrogen (secondary N) is 1. The van der Waals surface area contributed by atoms with Gasteiger partial charge in [0.05, 0.1) is 12.7 Å². The normalized spacial score (nSPS) is 18.0. The maximum Gasteiger partial charge on any atom is 0.337 e. The van der Waals surface area contributed by atoms with Gasteiger partial charge in [0.1, 0.15) is 0 Å². The first-order valence-electron chi connectivity index (χ1n) is 7.76. The lowest BCUT2D eigenvalue weighted by Crippen LogP contribution is -2.25. The van der Waals surface area contributed by atoms with Gasteiger partial charge in [-0.25, -0.2) is 4.79 Å². The van der Waals surface area contributed by atoms with Crippen LogP contribution in [0.4, 0.5) is 0 Å². The van der Waals surface area contributed by atoms with E-state index in [2.05, 4.69) is 21.2 Å². The van der Waals surface area contributed by atoms with Crippen LogP contribution < -0.4 is 5.32 Å². The third-order valence-corrected chi connectivity index (χ3v) is 5.36. The highest BCUT2D eigenvalue weighted by molar-refractivity contribution is 9.10. The molecule has 0 saturated heterocycles. The maximum atomic E-state index is 11.5. The van der Waals surface area contributed by atoms with E-state index in [0.29, 0.717) is 5.56 Å². The van der Waals surface area contributed by atoms with E-state index in [1.807, 2.05) is 18.2 Å². The van der Waals surface area contributed by atoms with Crippen molar-refractivity contribution in [2.45, 2.75) is 32.2 Å². The molecule has 1 aromatic rings. The molecule has 2 saturated carbocycles. The van der Waals surface area contributed by atoms with Gasteiger partial charge >= 0.3 is 5.97 Å². The molecule has 3 nitrogen and oxygen atoms in total. The molecule has 0 aliphatic heterocycles. The zero-order valence-electron chi connectivity index (χ0n) is 12.4. The summed E-state index contributed by atoms with van der Waals surface area (Å²) in [5.74, 6) is 2.56. The predicted octanol–water partition coefficient (Wildman–Crippen LogP) is 3.76. The molecule has 2 aliphatic rings. The van der Waals surface area contributed by atoms with Crippen LogP contribution >= 0.6 is 15.9 Å². The molecule has 114 valence electrons. The highest BCUT2D eigenvalue weighted by atomic mass is 79.9. The van der Waals surface area contributed by atoms with Gasteiger partial charge in [0, 0.05) is 11.0 Å². The number of halogens is 1. The van der Waals surface area contributed by atoms with E-state index in [1.165, 1.54) is 38.4 Å². The Kier molecular flexibility index (Phi) is 4.65. The molecule has 3 rings (SSSR count). The average molecular weight is 352 g/mol. The Morgan fingerprint density at radius 3 is 2.52 bits per heavy atom. The third-order valence-electron chi connectivity index (χ3n) is 4.62. The molecular formula is C17H22BrNO2. The fourth-order valence-electron chi connectivity index (χ4n) is 3.08. The van der Waals surface area contributed by atoms with Crippen LogP contribution in [0.5, 0.6) is 0 Å². The van der Waals surface area contributed by atoms with Crippen molar-refractivity contribution in [2.75, 3.05) is 13.7 Å². The van der Waals surface area contributed by atoms with Gasteiger partial charge < -0.3 is 10.1 Å². The standard InChI is InChI=1S/C17H22BrNO2/c1-21-17(20)13-6-7-14(16(18)8-13)9-19-10-15(11-2-3-11)12-4-5-12/h6-8,11-12,15,19H,2-5,9-10H2,1H3. The Morgan fingerprint density at radius 2 is 2.00 bits per heavy atom. The summed E-state index contributed by atoms with van der Waals surface area (Å²) in [4.78, 5) is 11.5. The van der Waals surface area contributed by atoms with Crippen LogP contribution in [0.15, 0.2) is 22.7 Å². The van der Waals surface area contributed by atoms with Crippen molar-refractivity contribution in [3.63, 3.8) is 0 Å². The lowest BCUT2D eigenvalue weighted by molar-refractivity contribution is 0.0600. The van der Waals surface area contributed by atoms with Crippen LogP contribution in [-0.2, 0) is 11.3 Å². The van der Waals surface area contributed by atoms with E-state index in [1.54, 1.807) is 0 Å². The largest absolute Gasteiger partial charge is 0.465 e. The Hall–Kier alpha value is -0.870. The Bertz CT molecular complexity index is 512. The van der Waals surface area contributed by atoms with Crippen molar-refractivity contribution in [3.8, 4) is 0 Å². The maximum absolute atomic E-state index is 11.5. The van der Waals surface area contributed by atoms with Gasteiger partial charge in [-0.3, -0.25) is 0 Å². The third kappa shape index (κ3) is 3.86. The molecule has 0 heterocycles. The molecule has 0 aromatic heterocycles. The van der Waals surface area contributed by atoms with E-state index in [0.717, 1.165) is 35.3 Å². The van der Waals surface area contributed by atoms with E-state index in [9.17, 15) is 4.79 Å². The van der Waals surface area contributed by atoms with Crippen LogP contribution in [-0.4, -0.2) is 19.6 Å². The zero-order chi connectivity index (χ0) is 14.8. The van der Waals surface area contributed by atoms with Gasteiger partial charge in [-0.15, -0.1) is 0 Å².